The summed E-state index contributed by atoms with van der Waals surface area (Å²) in [5.74, 6) is 0. The Labute approximate surface area is 46.7 Å². The zero-order valence-electron chi connectivity index (χ0n) is 4.01. The van der Waals surface area contributed by atoms with Crippen molar-refractivity contribution in [2.24, 2.45) is 0 Å². The van der Waals surface area contributed by atoms with Crippen molar-refractivity contribution < 1.29 is 0 Å². The van der Waals surface area contributed by atoms with Crippen molar-refractivity contribution in [1.29, 1.82) is 0 Å². The van der Waals surface area contributed by atoms with Crippen LogP contribution in [0.1, 0.15) is 0 Å². The maximum atomic E-state index is 3.82. The molecule has 1 aliphatic heterocycles. The molecule has 1 N–H and O–H groups in total. The van der Waals surface area contributed by atoms with Crippen LogP contribution in [-0.2, 0) is 0 Å². The second kappa shape index (κ2) is 2.02. The normalized spacial score (nSPS) is 16.4. The molecule has 1 aliphatic rings. The highest BCUT2D eigenvalue weighted by Crippen LogP contribution is 2.05. The minimum absolute atomic E-state index is 1.11. The number of hydrogen-bond acceptors (Lipinski definition) is 3. The van der Waals surface area contributed by atoms with Crippen molar-refractivity contribution in [3.63, 3.8) is 0 Å². The molecule has 0 fully saturated rings. The molecule has 1 rings (SSSR count). The molecule has 0 unspecified atom stereocenters. The number of aliphatic imine (C=N–C) groups is 1. The molecule has 0 atom stereocenters. The van der Waals surface area contributed by atoms with Crippen LogP contribution in [0.2, 0.25) is 0 Å². The molecule has 0 spiro atoms. The minimum atomic E-state index is 1.11. The van der Waals surface area contributed by atoms with Gasteiger partial charge in [-0.2, -0.15) is 0 Å². The Morgan fingerprint density at radius 3 is 3.00 bits per heavy atom. The lowest BCUT2D eigenvalue weighted by Crippen LogP contribution is -2.01. The van der Waals surface area contributed by atoms with Gasteiger partial charge in [-0.25, -0.2) is 5.32 Å². The summed E-state index contributed by atoms with van der Waals surface area (Å²) < 4.78 is 0. The molecule has 1 heterocycles. The molecule has 3 heteroatoms. The van der Waals surface area contributed by atoms with Crippen molar-refractivity contribution >= 4 is 18.1 Å². The second-order valence-corrected chi connectivity index (χ2v) is 1.97. The number of nitrogens with one attached hydrogen (secondary N) is 1. The maximum Gasteiger partial charge on any atom is 0.285 e. The Morgan fingerprint density at radius 1 is 1.86 bits per heavy atom. The van der Waals surface area contributed by atoms with Crippen molar-refractivity contribution in [2.45, 2.75) is 0 Å². The van der Waals surface area contributed by atoms with Gasteiger partial charge in [0.1, 0.15) is 0 Å². The van der Waals surface area contributed by atoms with Crippen molar-refractivity contribution in [2.75, 3.05) is 6.26 Å². The van der Waals surface area contributed by atoms with E-state index in [0.717, 1.165) is 5.03 Å². The van der Waals surface area contributed by atoms with Crippen LogP contribution in [0.3, 0.4) is 0 Å². The highest BCUT2D eigenvalue weighted by atomic mass is 32.2. The lowest BCUT2D eigenvalue weighted by molar-refractivity contribution is 1.34. The molecule has 0 bridgehead atoms. The Morgan fingerprint density at radius 2 is 2.71 bits per heavy atom. The summed E-state index contributed by atoms with van der Waals surface area (Å²) in [4.78, 5) is 3.82. The molecule has 0 saturated heterocycles. The van der Waals surface area contributed by atoms with Gasteiger partial charge in [0.05, 0.1) is 0 Å². The zero-order valence-corrected chi connectivity index (χ0v) is 4.83. The summed E-state index contributed by atoms with van der Waals surface area (Å²) >= 11 is 1.66. The molecule has 7 heavy (non-hydrogen) atoms. The van der Waals surface area contributed by atoms with Crippen molar-refractivity contribution in [1.82, 2.24) is 10.3 Å². The Hall–Kier alpha value is -0.440. The fourth-order valence-electron chi connectivity index (χ4n) is 0.355. The van der Waals surface area contributed by atoms with Gasteiger partial charge < -0.3 is 0 Å². The minimum Gasteiger partial charge on any atom is -0.235 e. The summed E-state index contributed by atoms with van der Waals surface area (Å²) in [6.07, 6.45) is 5.48. The predicted molar refractivity (Wildman–Crippen MR) is 32.9 cm³/mol. The van der Waals surface area contributed by atoms with E-state index in [1.807, 2.05) is 6.26 Å². The SMILES string of the molecule is CSC1=C[N+]=CN1. The average molecular weight is 114 g/mol. The molecule has 0 aromatic rings. The first-order valence-electron chi connectivity index (χ1n) is 1.96. The van der Waals surface area contributed by atoms with Gasteiger partial charge in [0.2, 0.25) is 5.03 Å². The summed E-state index contributed by atoms with van der Waals surface area (Å²) in [5.41, 5.74) is 0. The molecule has 0 amide bonds. The fraction of sp³-hybridized carbons (Fsp3) is 0.250. The summed E-state index contributed by atoms with van der Waals surface area (Å²) in [6.45, 7) is 0. The first kappa shape index (κ1) is 4.71. The zero-order chi connectivity index (χ0) is 5.11. The van der Waals surface area contributed by atoms with E-state index in [2.05, 4.69) is 10.3 Å². The molecular formula is C4H6N2S+. The molecule has 0 aromatic heterocycles. The van der Waals surface area contributed by atoms with E-state index in [1.165, 1.54) is 0 Å². The van der Waals surface area contributed by atoms with Gasteiger partial charge in [-0.15, -0.1) is 0 Å². The van der Waals surface area contributed by atoms with Crippen LogP contribution in [0, 0.1) is 0 Å². The predicted octanol–water partition coefficient (Wildman–Crippen LogP) is 0.116. The monoisotopic (exact) mass is 114 g/mol. The third-order valence-corrected chi connectivity index (χ3v) is 1.36. The van der Waals surface area contributed by atoms with E-state index in [4.69, 9.17) is 0 Å². The Kier molecular flexibility index (Phi) is 1.36. The lowest BCUT2D eigenvalue weighted by atomic mass is 10.9. The van der Waals surface area contributed by atoms with Gasteiger partial charge in [0.25, 0.3) is 6.34 Å². The van der Waals surface area contributed by atoms with Gasteiger partial charge in [-0.05, 0) is 6.26 Å². The van der Waals surface area contributed by atoms with Gasteiger partial charge in [0, 0.05) is 0 Å². The maximum absolute atomic E-state index is 3.82. The summed E-state index contributed by atoms with van der Waals surface area (Å²) in [7, 11) is 0. The fourth-order valence-corrected chi connectivity index (χ4v) is 0.692. The van der Waals surface area contributed by atoms with Gasteiger partial charge in [0.15, 0.2) is 6.20 Å². The molecule has 1 radical (unpaired) electrons. The number of rotatable bonds is 1. The van der Waals surface area contributed by atoms with Crippen LogP contribution in [-0.4, -0.2) is 12.6 Å². The van der Waals surface area contributed by atoms with Gasteiger partial charge in [-0.1, -0.05) is 16.8 Å². The smallest absolute Gasteiger partial charge is 0.235 e. The van der Waals surface area contributed by atoms with Crippen molar-refractivity contribution in [3.05, 3.63) is 11.2 Å². The third kappa shape index (κ3) is 0.962. The Balaban J connectivity index is 2.45. The largest absolute Gasteiger partial charge is 0.285 e. The quantitative estimate of drug-likeness (QED) is 0.524. The third-order valence-electron chi connectivity index (χ3n) is 0.693. The second-order valence-electron chi connectivity index (χ2n) is 1.12. The van der Waals surface area contributed by atoms with Gasteiger partial charge >= 0.3 is 0 Å². The highest BCUT2D eigenvalue weighted by Gasteiger charge is 2.03. The van der Waals surface area contributed by atoms with Crippen molar-refractivity contribution in [3.8, 4) is 0 Å². The van der Waals surface area contributed by atoms with Crippen LogP contribution < -0.4 is 10.3 Å². The van der Waals surface area contributed by atoms with Crippen LogP contribution >= 0.6 is 11.8 Å². The molecule has 0 aliphatic carbocycles. The van der Waals surface area contributed by atoms with Crippen LogP contribution in [0.15, 0.2) is 11.2 Å². The average Bonchev–Trinajstić information content (AvgIpc) is 2.14. The standard InChI is InChI=1S/C4H6N2S/c1-7-4-2-5-3-6-4/h2-3,6H,1H3/q+1. The van der Waals surface area contributed by atoms with Gasteiger partial charge in [-0.3, -0.25) is 0 Å². The number of hydrogen-bond donors (Lipinski definition) is 1. The van der Waals surface area contributed by atoms with Crippen LogP contribution in [0.25, 0.3) is 0 Å². The van der Waals surface area contributed by atoms with E-state index in [-0.39, 0.29) is 0 Å². The summed E-state index contributed by atoms with van der Waals surface area (Å²) in [5, 5.41) is 4.05. The van der Waals surface area contributed by atoms with E-state index >= 15 is 0 Å². The first-order chi connectivity index (χ1) is 3.43. The molecule has 0 saturated carbocycles. The number of nitrogens with zero attached hydrogens (tertiary/aromatic N) is 1. The van der Waals surface area contributed by atoms with E-state index in [0.29, 0.717) is 0 Å². The van der Waals surface area contributed by atoms with E-state index < -0.39 is 0 Å². The van der Waals surface area contributed by atoms with Crippen LogP contribution in [0.4, 0.5) is 0 Å². The van der Waals surface area contributed by atoms with E-state index in [1.54, 1.807) is 24.3 Å². The van der Waals surface area contributed by atoms with Crippen LogP contribution in [0.5, 0.6) is 0 Å². The molecular weight excluding hydrogens is 108 g/mol. The highest BCUT2D eigenvalue weighted by molar-refractivity contribution is 8.02. The van der Waals surface area contributed by atoms with E-state index in [9.17, 15) is 0 Å². The molecule has 37 valence electrons. The topological polar surface area (TPSA) is 26.1 Å². The summed E-state index contributed by atoms with van der Waals surface area (Å²) in [6, 6.07) is 0. The molecule has 2 nitrogen and oxygen atoms in total. The molecule has 0 aromatic carbocycles. The lowest BCUT2D eigenvalue weighted by Gasteiger charge is -1.81. The Bertz CT molecular complexity index is 117. The number of thioether (sulfide) groups is 1. The first-order valence-corrected chi connectivity index (χ1v) is 3.18.